The van der Waals surface area contributed by atoms with E-state index in [0.29, 0.717) is 31.1 Å². The molecule has 7 nitrogen and oxygen atoms in total. The highest BCUT2D eigenvalue weighted by molar-refractivity contribution is 7.89. The number of carbonyl (C=O) groups excluding carboxylic acids is 1. The Labute approximate surface area is 162 Å². The van der Waals surface area contributed by atoms with Gasteiger partial charge < -0.3 is 14.8 Å². The molecule has 28 heavy (non-hydrogen) atoms. The summed E-state index contributed by atoms with van der Waals surface area (Å²) in [5, 5.41) is 2.71. The van der Waals surface area contributed by atoms with Gasteiger partial charge in [-0.2, -0.15) is 4.31 Å². The second kappa shape index (κ2) is 7.40. The maximum absolute atomic E-state index is 12.9. The van der Waals surface area contributed by atoms with E-state index >= 15 is 0 Å². The number of nitrogens with one attached hydrogen (secondary N) is 1. The van der Waals surface area contributed by atoms with Crippen LogP contribution in [0.15, 0.2) is 47.4 Å². The molecule has 4 rings (SSSR count). The smallest absolute Gasteiger partial charge is 0.243 e. The van der Waals surface area contributed by atoms with Gasteiger partial charge in [0.2, 0.25) is 15.9 Å². The maximum atomic E-state index is 12.9. The van der Waals surface area contributed by atoms with E-state index in [0.717, 1.165) is 5.56 Å². The summed E-state index contributed by atoms with van der Waals surface area (Å²) in [5.41, 5.74) is 0.732. The quantitative estimate of drug-likeness (QED) is 0.817. The number of carbonyl (C=O) groups is 1. The Hall–Kier alpha value is -2.65. The van der Waals surface area contributed by atoms with Crippen LogP contribution in [0.5, 0.6) is 11.5 Å². The van der Waals surface area contributed by atoms with Crippen molar-refractivity contribution >= 4 is 15.9 Å². The minimum absolute atomic E-state index is 0.0628. The summed E-state index contributed by atoms with van der Waals surface area (Å²) in [5.74, 6) is 0.148. The summed E-state index contributed by atoms with van der Waals surface area (Å²) in [6.45, 7) is 1.25. The van der Waals surface area contributed by atoms with Gasteiger partial charge in [0.25, 0.3) is 0 Å². The van der Waals surface area contributed by atoms with Gasteiger partial charge >= 0.3 is 0 Å². The predicted molar refractivity (Wildman–Crippen MR) is 98.0 cm³/mol. The number of sulfonamides is 1. The van der Waals surface area contributed by atoms with Crippen molar-refractivity contribution in [1.82, 2.24) is 9.62 Å². The van der Waals surface area contributed by atoms with Crippen LogP contribution in [0.3, 0.4) is 0 Å². The first-order chi connectivity index (χ1) is 13.4. The van der Waals surface area contributed by atoms with E-state index in [1.807, 2.05) is 0 Å². The van der Waals surface area contributed by atoms with Crippen molar-refractivity contribution in [2.45, 2.75) is 23.9 Å². The lowest BCUT2D eigenvalue weighted by Gasteiger charge is -2.38. The van der Waals surface area contributed by atoms with Crippen molar-refractivity contribution in [3.05, 3.63) is 53.8 Å². The molecule has 2 aliphatic rings. The zero-order chi connectivity index (χ0) is 19.7. The second-order valence-electron chi connectivity index (χ2n) is 6.57. The van der Waals surface area contributed by atoms with Crippen LogP contribution in [0.4, 0.5) is 4.39 Å². The van der Waals surface area contributed by atoms with Crippen LogP contribution in [0.25, 0.3) is 0 Å². The second-order valence-corrected chi connectivity index (χ2v) is 8.46. The first kappa shape index (κ1) is 18.7. The Kier molecular flexibility index (Phi) is 4.94. The van der Waals surface area contributed by atoms with Crippen molar-refractivity contribution in [3.8, 4) is 11.5 Å². The number of benzene rings is 2. The molecule has 0 radical (unpaired) electrons. The molecule has 1 fully saturated rings. The molecule has 1 amide bonds. The highest BCUT2D eigenvalue weighted by Gasteiger charge is 2.43. The molecule has 0 saturated carbocycles. The van der Waals surface area contributed by atoms with E-state index < -0.39 is 16.1 Å². The van der Waals surface area contributed by atoms with Crippen molar-refractivity contribution in [3.63, 3.8) is 0 Å². The summed E-state index contributed by atoms with van der Waals surface area (Å²) in [6.07, 6.45) is 0.443. The molecule has 0 spiro atoms. The van der Waals surface area contributed by atoms with Crippen LogP contribution in [0.1, 0.15) is 12.0 Å². The molecule has 1 atom stereocenters. The van der Waals surface area contributed by atoms with E-state index in [2.05, 4.69) is 5.32 Å². The molecule has 2 aromatic carbocycles. The summed E-state index contributed by atoms with van der Waals surface area (Å²) >= 11 is 0. The minimum atomic E-state index is -3.83. The topological polar surface area (TPSA) is 84.9 Å². The standard InChI is InChI=1S/C19H19FN2O5S/c20-14-3-1-13(2-4-14)12-21-19(23)16-7-8-22(16)28(24,25)15-5-6-17-18(11-15)27-10-9-26-17/h1-6,11,16H,7-10,12H2,(H,21,23)/t16-/m0/s1. The Balaban J connectivity index is 1.45. The van der Waals surface area contributed by atoms with E-state index in [1.165, 1.54) is 28.6 Å². The number of hydrogen-bond donors (Lipinski definition) is 1. The largest absolute Gasteiger partial charge is 0.486 e. The fraction of sp³-hybridized carbons (Fsp3) is 0.316. The summed E-state index contributed by atoms with van der Waals surface area (Å²) in [4.78, 5) is 12.5. The number of ether oxygens (including phenoxy) is 2. The molecule has 148 valence electrons. The zero-order valence-corrected chi connectivity index (χ0v) is 15.7. The van der Waals surface area contributed by atoms with Crippen molar-refractivity contribution < 1.29 is 27.1 Å². The van der Waals surface area contributed by atoms with Crippen molar-refractivity contribution in [2.24, 2.45) is 0 Å². The van der Waals surface area contributed by atoms with Crippen LogP contribution in [0, 0.1) is 5.82 Å². The minimum Gasteiger partial charge on any atom is -0.486 e. The Morgan fingerprint density at radius 1 is 1.11 bits per heavy atom. The first-order valence-corrected chi connectivity index (χ1v) is 10.3. The number of amides is 1. The molecule has 0 unspecified atom stereocenters. The summed E-state index contributed by atoms with van der Waals surface area (Å²) in [7, 11) is -3.83. The third-order valence-electron chi connectivity index (χ3n) is 4.77. The SMILES string of the molecule is O=C(NCc1ccc(F)cc1)[C@@H]1CCN1S(=O)(=O)c1ccc2c(c1)OCCO2. The predicted octanol–water partition coefficient (Wildman–Crippen LogP) is 1.68. The number of halogens is 1. The third kappa shape index (κ3) is 3.55. The molecular weight excluding hydrogens is 387 g/mol. The summed E-state index contributed by atoms with van der Waals surface area (Å²) in [6, 6.07) is 9.43. The third-order valence-corrected chi connectivity index (χ3v) is 6.68. The lowest BCUT2D eigenvalue weighted by molar-refractivity contribution is -0.127. The van der Waals surface area contributed by atoms with Crippen molar-refractivity contribution in [2.75, 3.05) is 19.8 Å². The van der Waals surface area contributed by atoms with Gasteiger partial charge in [0.1, 0.15) is 25.1 Å². The molecule has 0 bridgehead atoms. The van der Waals surface area contributed by atoms with Crippen LogP contribution in [-0.4, -0.2) is 44.4 Å². The monoisotopic (exact) mass is 406 g/mol. The molecule has 0 aliphatic carbocycles. The van der Waals surface area contributed by atoms with Crippen LogP contribution >= 0.6 is 0 Å². The first-order valence-electron chi connectivity index (χ1n) is 8.89. The highest BCUT2D eigenvalue weighted by Crippen LogP contribution is 2.35. The van der Waals surface area contributed by atoms with E-state index in [-0.39, 0.29) is 29.7 Å². The van der Waals surface area contributed by atoms with E-state index in [4.69, 9.17) is 9.47 Å². The van der Waals surface area contributed by atoms with Gasteiger partial charge in [-0.15, -0.1) is 0 Å². The van der Waals surface area contributed by atoms with Gasteiger partial charge in [0, 0.05) is 19.2 Å². The highest BCUT2D eigenvalue weighted by atomic mass is 32.2. The fourth-order valence-corrected chi connectivity index (χ4v) is 4.79. The normalized spacial score (nSPS) is 19.0. The fourth-order valence-electron chi connectivity index (χ4n) is 3.14. The van der Waals surface area contributed by atoms with E-state index in [9.17, 15) is 17.6 Å². The number of rotatable bonds is 5. The van der Waals surface area contributed by atoms with E-state index in [1.54, 1.807) is 18.2 Å². The van der Waals surface area contributed by atoms with Gasteiger partial charge in [0.15, 0.2) is 11.5 Å². The molecule has 1 saturated heterocycles. The molecule has 1 N–H and O–H groups in total. The van der Waals surface area contributed by atoms with Crippen molar-refractivity contribution in [1.29, 1.82) is 0 Å². The van der Waals surface area contributed by atoms with Crippen LogP contribution < -0.4 is 14.8 Å². The molecule has 9 heteroatoms. The Morgan fingerprint density at radius 3 is 2.50 bits per heavy atom. The van der Waals surface area contributed by atoms with Gasteiger partial charge in [-0.1, -0.05) is 12.1 Å². The van der Waals surface area contributed by atoms with Gasteiger partial charge in [0.05, 0.1) is 4.90 Å². The molecule has 2 aliphatic heterocycles. The molecule has 2 aromatic rings. The number of nitrogens with zero attached hydrogens (tertiary/aromatic N) is 1. The molecule has 2 heterocycles. The van der Waals surface area contributed by atoms with Crippen LogP contribution in [-0.2, 0) is 21.4 Å². The Morgan fingerprint density at radius 2 is 1.82 bits per heavy atom. The average Bonchev–Trinajstić information content (AvgIpc) is 2.66. The molecular formula is C19H19FN2O5S. The van der Waals surface area contributed by atoms with Gasteiger partial charge in [-0.3, -0.25) is 4.79 Å². The Bertz CT molecular complexity index is 994. The van der Waals surface area contributed by atoms with Gasteiger partial charge in [-0.05, 0) is 36.2 Å². The lowest BCUT2D eigenvalue weighted by atomic mass is 10.1. The maximum Gasteiger partial charge on any atom is 0.243 e. The zero-order valence-electron chi connectivity index (χ0n) is 14.9. The van der Waals surface area contributed by atoms with Crippen LogP contribution in [0.2, 0.25) is 0 Å². The summed E-state index contributed by atoms with van der Waals surface area (Å²) < 4.78 is 50.9. The number of hydrogen-bond acceptors (Lipinski definition) is 5. The molecule has 0 aromatic heterocycles. The average molecular weight is 406 g/mol. The lowest BCUT2D eigenvalue weighted by Crippen LogP contribution is -2.57. The number of fused-ring (bicyclic) bond motifs is 1. The van der Waals surface area contributed by atoms with Gasteiger partial charge in [-0.25, -0.2) is 12.8 Å².